The van der Waals surface area contributed by atoms with Crippen LogP contribution in [0.4, 0.5) is 13.2 Å². The predicted octanol–water partition coefficient (Wildman–Crippen LogP) is 5.57. The highest BCUT2D eigenvalue weighted by atomic mass is 19.4. The first-order valence-corrected chi connectivity index (χ1v) is 10.8. The quantitative estimate of drug-likeness (QED) is 0.572. The maximum absolute atomic E-state index is 13.4. The van der Waals surface area contributed by atoms with Crippen molar-refractivity contribution in [1.82, 2.24) is 9.78 Å². The van der Waals surface area contributed by atoms with Crippen LogP contribution < -0.4 is 5.43 Å². The molecule has 1 aromatic carbocycles. The van der Waals surface area contributed by atoms with Gasteiger partial charge in [-0.3, -0.25) is 4.79 Å². The number of nitrogens with zero attached hydrogens (tertiary/aromatic N) is 2. The van der Waals surface area contributed by atoms with Gasteiger partial charge in [-0.1, -0.05) is 32.9 Å². The summed E-state index contributed by atoms with van der Waals surface area (Å²) < 4.78 is 46.6. The topological polar surface area (TPSA) is 61.2 Å². The van der Waals surface area contributed by atoms with E-state index < -0.39 is 28.8 Å². The fourth-order valence-electron chi connectivity index (χ4n) is 4.29. The SMILES string of the molecule is Cc1cc(=O)c(C(=O)OCC2CCC(C(C)(C)C)CC2)nn1-c1ccccc1C(F)(F)F. The van der Waals surface area contributed by atoms with E-state index in [4.69, 9.17) is 4.74 Å². The normalized spacial score (nSPS) is 19.6. The molecule has 5 nitrogen and oxygen atoms in total. The van der Waals surface area contributed by atoms with Gasteiger partial charge in [0.2, 0.25) is 11.1 Å². The summed E-state index contributed by atoms with van der Waals surface area (Å²) >= 11 is 0. The Morgan fingerprint density at radius 2 is 1.75 bits per heavy atom. The van der Waals surface area contributed by atoms with Crippen molar-refractivity contribution in [3.05, 3.63) is 57.5 Å². The first-order chi connectivity index (χ1) is 14.9. The number of hydrogen-bond acceptors (Lipinski definition) is 4. The summed E-state index contributed by atoms with van der Waals surface area (Å²) in [5.41, 5.74) is -1.93. The van der Waals surface area contributed by atoms with Crippen LogP contribution in [0.2, 0.25) is 0 Å². The zero-order chi connectivity index (χ0) is 23.7. The van der Waals surface area contributed by atoms with Crippen molar-refractivity contribution in [1.29, 1.82) is 0 Å². The molecule has 0 N–H and O–H groups in total. The lowest BCUT2D eigenvalue weighted by Gasteiger charge is -2.36. The van der Waals surface area contributed by atoms with Gasteiger partial charge in [-0.15, -0.1) is 0 Å². The van der Waals surface area contributed by atoms with Crippen LogP contribution in [0.25, 0.3) is 5.69 Å². The summed E-state index contributed by atoms with van der Waals surface area (Å²) in [6, 6.07) is 5.99. The molecule has 174 valence electrons. The van der Waals surface area contributed by atoms with Gasteiger partial charge in [0.05, 0.1) is 17.9 Å². The van der Waals surface area contributed by atoms with E-state index in [-0.39, 0.29) is 29.3 Å². The van der Waals surface area contributed by atoms with Gasteiger partial charge in [-0.2, -0.15) is 18.3 Å². The first kappa shape index (κ1) is 24.0. The van der Waals surface area contributed by atoms with Crippen LogP contribution in [0.15, 0.2) is 35.1 Å². The van der Waals surface area contributed by atoms with Crippen molar-refractivity contribution in [2.24, 2.45) is 17.3 Å². The Bertz CT molecular complexity index is 1030. The Labute approximate surface area is 185 Å². The fraction of sp³-hybridized carbons (Fsp3) is 0.542. The minimum atomic E-state index is -4.61. The molecule has 1 aliphatic rings. The average molecular weight is 451 g/mol. The van der Waals surface area contributed by atoms with Crippen LogP contribution >= 0.6 is 0 Å². The number of esters is 1. The molecule has 1 saturated carbocycles. The molecule has 0 atom stereocenters. The first-order valence-electron chi connectivity index (χ1n) is 10.8. The van der Waals surface area contributed by atoms with Crippen LogP contribution in [-0.2, 0) is 10.9 Å². The monoisotopic (exact) mass is 450 g/mol. The van der Waals surface area contributed by atoms with Gasteiger partial charge < -0.3 is 4.74 Å². The lowest BCUT2D eigenvalue weighted by Crippen LogP contribution is -2.29. The number of rotatable bonds is 4. The third-order valence-electron chi connectivity index (χ3n) is 6.26. The Kier molecular flexibility index (Phi) is 6.81. The number of carbonyl (C=O) groups excluding carboxylic acids is 1. The zero-order valence-corrected chi connectivity index (χ0v) is 18.8. The third-order valence-corrected chi connectivity index (χ3v) is 6.26. The van der Waals surface area contributed by atoms with E-state index in [1.807, 2.05) is 0 Å². The minimum Gasteiger partial charge on any atom is -0.461 e. The second-order valence-electron chi connectivity index (χ2n) is 9.61. The second-order valence-corrected chi connectivity index (χ2v) is 9.61. The molecule has 0 spiro atoms. The number of aromatic nitrogens is 2. The fourth-order valence-corrected chi connectivity index (χ4v) is 4.29. The molecule has 8 heteroatoms. The smallest absolute Gasteiger partial charge is 0.418 e. The minimum absolute atomic E-state index is 0.170. The molecule has 0 aliphatic heterocycles. The summed E-state index contributed by atoms with van der Waals surface area (Å²) in [6.45, 7) is 8.31. The van der Waals surface area contributed by atoms with E-state index in [0.29, 0.717) is 5.92 Å². The third kappa shape index (κ3) is 5.40. The molecule has 1 aromatic heterocycles. The van der Waals surface area contributed by atoms with Crippen LogP contribution in [-0.4, -0.2) is 22.4 Å². The lowest BCUT2D eigenvalue weighted by atomic mass is 9.70. The van der Waals surface area contributed by atoms with Crippen LogP contribution in [0.3, 0.4) is 0 Å². The lowest BCUT2D eigenvalue weighted by molar-refractivity contribution is -0.137. The number of alkyl halides is 3. The molecule has 0 saturated heterocycles. The van der Waals surface area contributed by atoms with Crippen LogP contribution in [0, 0.1) is 24.2 Å². The van der Waals surface area contributed by atoms with E-state index >= 15 is 0 Å². The number of para-hydroxylation sites is 1. The number of ether oxygens (including phenoxy) is 1. The maximum Gasteiger partial charge on any atom is 0.418 e. The van der Waals surface area contributed by atoms with Crippen molar-refractivity contribution < 1.29 is 22.7 Å². The molecule has 0 radical (unpaired) electrons. The summed E-state index contributed by atoms with van der Waals surface area (Å²) in [7, 11) is 0. The summed E-state index contributed by atoms with van der Waals surface area (Å²) in [6.07, 6.45) is -0.648. The molecule has 1 fully saturated rings. The van der Waals surface area contributed by atoms with E-state index in [9.17, 15) is 22.8 Å². The number of aryl methyl sites for hydroxylation is 1. The van der Waals surface area contributed by atoms with Crippen LogP contribution in [0.1, 0.15) is 68.2 Å². The number of halogens is 3. The molecule has 0 bridgehead atoms. The zero-order valence-electron chi connectivity index (χ0n) is 18.8. The molecular weight excluding hydrogens is 421 g/mol. The molecule has 1 heterocycles. The van der Waals surface area contributed by atoms with E-state index in [2.05, 4.69) is 25.9 Å². The average Bonchev–Trinajstić information content (AvgIpc) is 2.71. The molecule has 0 unspecified atom stereocenters. The van der Waals surface area contributed by atoms with Crippen LogP contribution in [0.5, 0.6) is 0 Å². The molecule has 3 rings (SSSR count). The van der Waals surface area contributed by atoms with Gasteiger partial charge in [0.25, 0.3) is 0 Å². The van der Waals surface area contributed by atoms with Crippen molar-refractivity contribution in [3.8, 4) is 5.69 Å². The van der Waals surface area contributed by atoms with Gasteiger partial charge in [0, 0.05) is 11.8 Å². The molecule has 0 amide bonds. The molecule has 2 aromatic rings. The highest BCUT2D eigenvalue weighted by Crippen LogP contribution is 2.40. The summed E-state index contributed by atoms with van der Waals surface area (Å²) in [5, 5.41) is 3.95. The summed E-state index contributed by atoms with van der Waals surface area (Å²) in [5.74, 6) is -0.0866. The molecular formula is C24H29F3N2O3. The van der Waals surface area contributed by atoms with Gasteiger partial charge in [0.1, 0.15) is 0 Å². The largest absolute Gasteiger partial charge is 0.461 e. The summed E-state index contributed by atoms with van der Waals surface area (Å²) in [4.78, 5) is 24.9. The van der Waals surface area contributed by atoms with Crippen molar-refractivity contribution in [3.63, 3.8) is 0 Å². The number of hydrogen-bond donors (Lipinski definition) is 0. The number of benzene rings is 1. The van der Waals surface area contributed by atoms with Crippen molar-refractivity contribution >= 4 is 5.97 Å². The van der Waals surface area contributed by atoms with E-state index in [1.165, 1.54) is 25.1 Å². The van der Waals surface area contributed by atoms with Crippen molar-refractivity contribution in [2.45, 2.75) is 59.6 Å². The Balaban J connectivity index is 1.77. The van der Waals surface area contributed by atoms with Gasteiger partial charge in [0.15, 0.2) is 0 Å². The standard InChI is InChI=1S/C24H29F3N2O3/c1-15-13-20(30)21(28-29(15)19-8-6-5-7-18(19)24(25,26)27)22(31)32-14-16-9-11-17(12-10-16)23(2,3)4/h5-8,13,16-17H,9-12,14H2,1-4H3. The van der Waals surface area contributed by atoms with E-state index in [1.54, 1.807) is 0 Å². The molecule has 1 aliphatic carbocycles. The predicted molar refractivity (Wildman–Crippen MR) is 115 cm³/mol. The highest BCUT2D eigenvalue weighted by molar-refractivity contribution is 5.87. The highest BCUT2D eigenvalue weighted by Gasteiger charge is 2.34. The Morgan fingerprint density at radius 3 is 2.34 bits per heavy atom. The van der Waals surface area contributed by atoms with Gasteiger partial charge in [-0.25, -0.2) is 9.48 Å². The number of carbonyl (C=O) groups is 1. The van der Waals surface area contributed by atoms with E-state index in [0.717, 1.165) is 42.5 Å². The second kappa shape index (κ2) is 9.08. The van der Waals surface area contributed by atoms with Gasteiger partial charge in [-0.05, 0) is 62.0 Å². The maximum atomic E-state index is 13.4. The Hall–Kier alpha value is -2.64. The van der Waals surface area contributed by atoms with Gasteiger partial charge >= 0.3 is 12.1 Å². The Morgan fingerprint density at radius 1 is 1.12 bits per heavy atom. The van der Waals surface area contributed by atoms with Crippen molar-refractivity contribution in [2.75, 3.05) is 6.61 Å². The molecule has 32 heavy (non-hydrogen) atoms.